The number of halogens is 1. The molecule has 3 N–H and O–H groups in total. The zero-order chi connectivity index (χ0) is 26.0. The van der Waals surface area contributed by atoms with E-state index in [0.717, 1.165) is 11.1 Å². The van der Waals surface area contributed by atoms with Crippen LogP contribution in [0.25, 0.3) is 0 Å². The molecule has 3 aromatic carbocycles. The summed E-state index contributed by atoms with van der Waals surface area (Å²) < 4.78 is 24.6. The fourth-order valence-electron chi connectivity index (χ4n) is 3.55. The van der Waals surface area contributed by atoms with Gasteiger partial charge in [0.1, 0.15) is 23.4 Å². The molecule has 8 nitrogen and oxygen atoms in total. The summed E-state index contributed by atoms with van der Waals surface area (Å²) in [5.74, 6) is -0.0692. The molecule has 0 spiro atoms. The van der Waals surface area contributed by atoms with Crippen LogP contribution in [-0.4, -0.2) is 34.4 Å². The van der Waals surface area contributed by atoms with Gasteiger partial charge < -0.3 is 25.1 Å². The highest BCUT2D eigenvalue weighted by atomic mass is 19.1. The van der Waals surface area contributed by atoms with Crippen molar-refractivity contribution < 1.29 is 23.5 Å². The third kappa shape index (κ3) is 7.74. The maximum absolute atomic E-state index is 13.2. The van der Waals surface area contributed by atoms with Gasteiger partial charge in [0.15, 0.2) is 0 Å². The maximum Gasteiger partial charge on any atom is 0.249 e. The smallest absolute Gasteiger partial charge is 0.249 e. The lowest BCUT2D eigenvalue weighted by Gasteiger charge is -2.20. The number of carbonyl (C=O) groups excluding carboxylic acids is 2. The van der Waals surface area contributed by atoms with E-state index in [9.17, 15) is 14.0 Å². The van der Waals surface area contributed by atoms with E-state index in [1.165, 1.54) is 30.6 Å². The van der Waals surface area contributed by atoms with Crippen molar-refractivity contribution in [3.63, 3.8) is 0 Å². The summed E-state index contributed by atoms with van der Waals surface area (Å²) in [6, 6.07) is 19.5. The van der Waals surface area contributed by atoms with Crippen molar-refractivity contribution in [2.24, 2.45) is 0 Å². The molecule has 1 heterocycles. The molecule has 0 saturated carbocycles. The van der Waals surface area contributed by atoms with Gasteiger partial charge in [-0.2, -0.15) is 0 Å². The van der Waals surface area contributed by atoms with Crippen LogP contribution in [0.4, 0.5) is 10.1 Å². The number of imidazole rings is 1. The molecular formula is C28H27FN4O4. The van der Waals surface area contributed by atoms with Gasteiger partial charge >= 0.3 is 0 Å². The van der Waals surface area contributed by atoms with E-state index in [-0.39, 0.29) is 24.8 Å². The van der Waals surface area contributed by atoms with E-state index >= 15 is 0 Å². The summed E-state index contributed by atoms with van der Waals surface area (Å²) in [5.41, 5.74) is 2.90. The van der Waals surface area contributed by atoms with Gasteiger partial charge in [0, 0.05) is 17.6 Å². The zero-order valence-corrected chi connectivity index (χ0v) is 20.2. The topological polar surface area (TPSA) is 105 Å². The fraction of sp³-hybridized carbons (Fsp3) is 0.179. The van der Waals surface area contributed by atoms with E-state index in [1.54, 1.807) is 24.4 Å². The highest BCUT2D eigenvalue weighted by molar-refractivity contribution is 5.98. The summed E-state index contributed by atoms with van der Waals surface area (Å²) >= 11 is 0. The number of ether oxygens (including phenoxy) is 2. The first-order valence-electron chi connectivity index (χ1n) is 11.7. The maximum atomic E-state index is 13.2. The van der Waals surface area contributed by atoms with Crippen LogP contribution in [-0.2, 0) is 27.4 Å². The van der Waals surface area contributed by atoms with E-state index in [0.29, 0.717) is 29.5 Å². The first kappa shape index (κ1) is 25.6. The fourth-order valence-corrected chi connectivity index (χ4v) is 3.55. The number of hydrogen-bond acceptors (Lipinski definition) is 5. The van der Waals surface area contributed by atoms with Crippen LogP contribution in [0.1, 0.15) is 16.8 Å². The molecule has 0 aliphatic heterocycles. The minimum atomic E-state index is -0.923. The number of aromatic amines is 1. The molecule has 9 heteroatoms. The Labute approximate surface area is 213 Å². The van der Waals surface area contributed by atoms with Gasteiger partial charge in [0.2, 0.25) is 11.8 Å². The predicted molar refractivity (Wildman–Crippen MR) is 137 cm³/mol. The highest BCUT2D eigenvalue weighted by Gasteiger charge is 2.22. The molecule has 0 aliphatic rings. The number of hydrogen-bond donors (Lipinski definition) is 3. The van der Waals surface area contributed by atoms with Crippen LogP contribution in [0, 0.1) is 12.7 Å². The second-order valence-corrected chi connectivity index (χ2v) is 8.40. The van der Waals surface area contributed by atoms with Crippen molar-refractivity contribution in [1.29, 1.82) is 0 Å². The summed E-state index contributed by atoms with van der Waals surface area (Å²) in [4.78, 5) is 32.5. The van der Waals surface area contributed by atoms with E-state index in [4.69, 9.17) is 9.47 Å². The first-order valence-corrected chi connectivity index (χ1v) is 11.7. The van der Waals surface area contributed by atoms with Gasteiger partial charge in [-0.1, -0.05) is 30.3 Å². The van der Waals surface area contributed by atoms with Crippen molar-refractivity contribution in [2.75, 3.05) is 11.9 Å². The van der Waals surface area contributed by atoms with Crippen molar-refractivity contribution in [3.8, 4) is 11.5 Å². The zero-order valence-electron chi connectivity index (χ0n) is 20.2. The molecule has 0 unspecified atom stereocenters. The Balaban J connectivity index is 1.40. The van der Waals surface area contributed by atoms with Crippen molar-refractivity contribution in [3.05, 3.63) is 108 Å². The van der Waals surface area contributed by atoms with E-state index in [2.05, 4.69) is 20.6 Å². The number of nitrogens with one attached hydrogen (secondary N) is 3. The van der Waals surface area contributed by atoms with Crippen LogP contribution in [0.3, 0.4) is 0 Å². The average Bonchev–Trinajstić information content (AvgIpc) is 3.40. The Bertz CT molecular complexity index is 1310. The van der Waals surface area contributed by atoms with Crippen molar-refractivity contribution >= 4 is 17.5 Å². The summed E-state index contributed by atoms with van der Waals surface area (Å²) in [6.07, 6.45) is 3.10. The molecule has 0 aliphatic carbocycles. The van der Waals surface area contributed by atoms with Crippen LogP contribution < -0.4 is 15.4 Å². The summed E-state index contributed by atoms with van der Waals surface area (Å²) in [5, 5.41) is 5.61. The first-order chi connectivity index (χ1) is 18.0. The van der Waals surface area contributed by atoms with Gasteiger partial charge in [-0.05, 0) is 60.5 Å². The average molecular weight is 503 g/mol. The molecule has 37 heavy (non-hydrogen) atoms. The Morgan fingerprint density at radius 2 is 1.78 bits per heavy atom. The Morgan fingerprint density at radius 1 is 1.03 bits per heavy atom. The number of anilines is 1. The lowest BCUT2D eigenvalue weighted by Crippen LogP contribution is -2.47. The number of amides is 2. The van der Waals surface area contributed by atoms with Gasteiger partial charge in [-0.25, -0.2) is 9.37 Å². The van der Waals surface area contributed by atoms with Crippen molar-refractivity contribution in [2.45, 2.75) is 26.0 Å². The van der Waals surface area contributed by atoms with Gasteiger partial charge in [-0.15, -0.1) is 0 Å². The molecule has 2 amide bonds. The molecule has 190 valence electrons. The van der Waals surface area contributed by atoms with E-state index in [1.807, 2.05) is 37.3 Å². The standard InChI is InChI=1S/C28H27FN4O4/c1-19-13-24(37-23-9-7-21(29)8-10-23)11-12-25(19)33-28(35)26(17-36-16-20-5-3-2-4-6-20)32-27(34)14-22-15-30-18-31-22/h2-13,15,18,26H,14,16-17H2,1H3,(H,30,31)(H,32,34)(H,33,35)/t26-/m0/s1. The van der Waals surface area contributed by atoms with Crippen LogP contribution in [0.15, 0.2) is 85.3 Å². The monoisotopic (exact) mass is 502 g/mol. The number of carbonyl (C=O) groups is 2. The molecule has 0 saturated heterocycles. The minimum absolute atomic E-state index is 0.0136. The third-order valence-electron chi connectivity index (χ3n) is 5.46. The van der Waals surface area contributed by atoms with Crippen LogP contribution in [0.5, 0.6) is 11.5 Å². The van der Waals surface area contributed by atoms with Crippen LogP contribution in [0.2, 0.25) is 0 Å². The normalized spacial score (nSPS) is 11.5. The summed E-state index contributed by atoms with van der Waals surface area (Å²) in [7, 11) is 0. The molecule has 1 atom stereocenters. The van der Waals surface area contributed by atoms with Gasteiger partial charge in [0.25, 0.3) is 0 Å². The number of benzene rings is 3. The molecular weight excluding hydrogens is 475 g/mol. The highest BCUT2D eigenvalue weighted by Crippen LogP contribution is 2.26. The number of nitrogens with zero attached hydrogens (tertiary/aromatic N) is 1. The van der Waals surface area contributed by atoms with Crippen LogP contribution >= 0.6 is 0 Å². The molecule has 1 aromatic heterocycles. The molecule has 0 radical (unpaired) electrons. The van der Waals surface area contributed by atoms with Crippen molar-refractivity contribution in [1.82, 2.24) is 15.3 Å². The number of H-pyrrole nitrogens is 1. The second-order valence-electron chi connectivity index (χ2n) is 8.40. The van der Waals surface area contributed by atoms with Gasteiger partial charge in [0.05, 0.1) is 26.0 Å². The number of aromatic nitrogens is 2. The molecule has 0 bridgehead atoms. The quantitative estimate of drug-likeness (QED) is 0.279. The molecule has 0 fully saturated rings. The molecule has 4 rings (SSSR count). The number of rotatable bonds is 11. The lowest BCUT2D eigenvalue weighted by atomic mass is 10.1. The summed E-state index contributed by atoms with van der Waals surface area (Å²) in [6.45, 7) is 2.11. The Morgan fingerprint density at radius 3 is 2.49 bits per heavy atom. The molecule has 4 aromatic rings. The Kier molecular flexibility index (Phi) is 8.62. The van der Waals surface area contributed by atoms with E-state index < -0.39 is 11.9 Å². The Hall–Kier alpha value is -4.50. The minimum Gasteiger partial charge on any atom is -0.457 e. The lowest BCUT2D eigenvalue weighted by molar-refractivity contribution is -0.127. The number of aryl methyl sites for hydroxylation is 1. The second kappa shape index (κ2) is 12.5. The third-order valence-corrected chi connectivity index (χ3v) is 5.46. The predicted octanol–water partition coefficient (Wildman–Crippen LogP) is 4.53. The largest absolute Gasteiger partial charge is 0.457 e. The SMILES string of the molecule is Cc1cc(Oc2ccc(F)cc2)ccc1NC(=O)[C@H](COCc1ccccc1)NC(=O)Cc1cnc[nH]1. The van der Waals surface area contributed by atoms with Gasteiger partial charge in [-0.3, -0.25) is 9.59 Å².